The van der Waals surface area contributed by atoms with Gasteiger partial charge in [-0.25, -0.2) is 0 Å². The lowest BCUT2D eigenvalue weighted by Gasteiger charge is -2.26. The SMILES string of the molecule is CC.CNC(=O)CCC(C)(C)CC(C)C. The molecule has 15 heavy (non-hydrogen) atoms. The zero-order valence-electron chi connectivity index (χ0n) is 11.6. The van der Waals surface area contributed by atoms with Crippen molar-refractivity contribution in [1.82, 2.24) is 5.32 Å². The lowest BCUT2D eigenvalue weighted by molar-refractivity contribution is -0.121. The highest BCUT2D eigenvalue weighted by atomic mass is 16.1. The molecule has 0 saturated carbocycles. The number of amides is 1. The largest absolute Gasteiger partial charge is 0.359 e. The van der Waals surface area contributed by atoms with E-state index in [-0.39, 0.29) is 5.91 Å². The molecule has 0 aromatic carbocycles. The second kappa shape index (κ2) is 8.75. The molecule has 2 nitrogen and oxygen atoms in total. The zero-order valence-corrected chi connectivity index (χ0v) is 11.6. The molecule has 0 aromatic heterocycles. The van der Waals surface area contributed by atoms with Gasteiger partial charge in [-0.1, -0.05) is 41.5 Å². The van der Waals surface area contributed by atoms with Crippen LogP contribution < -0.4 is 5.32 Å². The molecule has 0 aliphatic carbocycles. The van der Waals surface area contributed by atoms with Gasteiger partial charge in [-0.2, -0.15) is 0 Å². The molecule has 0 fully saturated rings. The lowest BCUT2D eigenvalue weighted by Crippen LogP contribution is -2.22. The van der Waals surface area contributed by atoms with Gasteiger partial charge in [-0.05, 0) is 24.2 Å². The minimum Gasteiger partial charge on any atom is -0.359 e. The predicted molar refractivity (Wildman–Crippen MR) is 67.9 cm³/mol. The molecule has 0 radical (unpaired) electrons. The van der Waals surface area contributed by atoms with Crippen molar-refractivity contribution < 1.29 is 4.79 Å². The van der Waals surface area contributed by atoms with Gasteiger partial charge in [0.05, 0.1) is 0 Å². The highest BCUT2D eigenvalue weighted by molar-refractivity contribution is 5.75. The Labute approximate surface area is 95.8 Å². The van der Waals surface area contributed by atoms with E-state index in [1.165, 1.54) is 6.42 Å². The Morgan fingerprint density at radius 1 is 1.27 bits per heavy atom. The number of rotatable bonds is 5. The fourth-order valence-electron chi connectivity index (χ4n) is 1.78. The van der Waals surface area contributed by atoms with Crippen LogP contribution in [-0.2, 0) is 4.79 Å². The van der Waals surface area contributed by atoms with Crippen molar-refractivity contribution in [2.45, 2.75) is 60.8 Å². The molecule has 0 heterocycles. The fourth-order valence-corrected chi connectivity index (χ4v) is 1.78. The Kier molecular flexibility index (Phi) is 9.85. The Hall–Kier alpha value is -0.530. The second-order valence-corrected chi connectivity index (χ2v) is 4.94. The quantitative estimate of drug-likeness (QED) is 0.745. The van der Waals surface area contributed by atoms with Gasteiger partial charge in [0.2, 0.25) is 5.91 Å². The molecule has 0 aliphatic heterocycles. The van der Waals surface area contributed by atoms with Crippen LogP contribution in [0.4, 0.5) is 0 Å². The Balaban J connectivity index is 0. The predicted octanol–water partition coefficient (Wildman–Crippen LogP) is 3.61. The molecular formula is C13H29NO. The lowest BCUT2D eigenvalue weighted by atomic mass is 9.80. The summed E-state index contributed by atoms with van der Waals surface area (Å²) in [6, 6.07) is 0. The first-order chi connectivity index (χ1) is 6.87. The van der Waals surface area contributed by atoms with Crippen LogP contribution in [0, 0.1) is 11.3 Å². The maximum absolute atomic E-state index is 11.0. The molecule has 0 aliphatic rings. The van der Waals surface area contributed by atoms with Gasteiger partial charge in [0.25, 0.3) is 0 Å². The highest BCUT2D eigenvalue weighted by Gasteiger charge is 2.20. The number of hydrogen-bond donors (Lipinski definition) is 1. The molecule has 0 aromatic rings. The van der Waals surface area contributed by atoms with Gasteiger partial charge >= 0.3 is 0 Å². The van der Waals surface area contributed by atoms with Crippen molar-refractivity contribution in [3.05, 3.63) is 0 Å². The van der Waals surface area contributed by atoms with Crippen molar-refractivity contribution in [3.8, 4) is 0 Å². The molecule has 0 spiro atoms. The van der Waals surface area contributed by atoms with Crippen LogP contribution in [0.2, 0.25) is 0 Å². The average Bonchev–Trinajstić information content (AvgIpc) is 2.15. The molecule has 0 rings (SSSR count). The molecule has 1 N–H and O–H groups in total. The number of carbonyl (C=O) groups excluding carboxylic acids is 1. The third-order valence-corrected chi connectivity index (χ3v) is 2.27. The van der Waals surface area contributed by atoms with Crippen LogP contribution in [0.5, 0.6) is 0 Å². The highest BCUT2D eigenvalue weighted by Crippen LogP contribution is 2.30. The maximum Gasteiger partial charge on any atom is 0.219 e. The van der Waals surface area contributed by atoms with Crippen molar-refractivity contribution in [2.75, 3.05) is 7.05 Å². The van der Waals surface area contributed by atoms with Gasteiger partial charge in [-0.15, -0.1) is 0 Å². The third-order valence-electron chi connectivity index (χ3n) is 2.27. The normalized spacial score (nSPS) is 10.7. The van der Waals surface area contributed by atoms with E-state index in [0.29, 0.717) is 17.8 Å². The summed E-state index contributed by atoms with van der Waals surface area (Å²) in [4.78, 5) is 11.0. The summed E-state index contributed by atoms with van der Waals surface area (Å²) in [5.41, 5.74) is 0.292. The van der Waals surface area contributed by atoms with Crippen LogP contribution in [0.3, 0.4) is 0 Å². The maximum atomic E-state index is 11.0. The van der Waals surface area contributed by atoms with Crippen LogP contribution in [0.15, 0.2) is 0 Å². The molecule has 2 heteroatoms. The molecule has 0 atom stereocenters. The van der Waals surface area contributed by atoms with Crippen LogP contribution in [0.25, 0.3) is 0 Å². The summed E-state index contributed by atoms with van der Waals surface area (Å²) in [6.45, 7) is 12.9. The molecule has 1 amide bonds. The summed E-state index contributed by atoms with van der Waals surface area (Å²) in [5.74, 6) is 0.858. The number of carbonyl (C=O) groups is 1. The third kappa shape index (κ3) is 11.4. The van der Waals surface area contributed by atoms with Crippen molar-refractivity contribution >= 4 is 5.91 Å². The minimum atomic E-state index is 0.150. The first-order valence-electron chi connectivity index (χ1n) is 6.08. The van der Waals surface area contributed by atoms with E-state index in [9.17, 15) is 4.79 Å². The monoisotopic (exact) mass is 215 g/mol. The Morgan fingerprint density at radius 2 is 1.73 bits per heavy atom. The summed E-state index contributed by atoms with van der Waals surface area (Å²) < 4.78 is 0. The van der Waals surface area contributed by atoms with Gasteiger partial charge in [-0.3, -0.25) is 4.79 Å². The average molecular weight is 215 g/mol. The van der Waals surface area contributed by atoms with E-state index >= 15 is 0 Å². The minimum absolute atomic E-state index is 0.150. The fraction of sp³-hybridized carbons (Fsp3) is 0.923. The van der Waals surface area contributed by atoms with Crippen molar-refractivity contribution in [1.29, 1.82) is 0 Å². The van der Waals surface area contributed by atoms with Gasteiger partial charge in [0.15, 0.2) is 0 Å². The summed E-state index contributed by atoms with van der Waals surface area (Å²) in [7, 11) is 1.69. The molecule has 0 unspecified atom stereocenters. The van der Waals surface area contributed by atoms with Crippen LogP contribution in [0.1, 0.15) is 60.8 Å². The van der Waals surface area contributed by atoms with E-state index in [2.05, 4.69) is 33.0 Å². The van der Waals surface area contributed by atoms with Gasteiger partial charge in [0.1, 0.15) is 0 Å². The van der Waals surface area contributed by atoms with E-state index < -0.39 is 0 Å². The number of hydrogen-bond acceptors (Lipinski definition) is 1. The van der Waals surface area contributed by atoms with Crippen molar-refractivity contribution in [3.63, 3.8) is 0 Å². The Morgan fingerprint density at radius 3 is 2.07 bits per heavy atom. The van der Waals surface area contributed by atoms with Gasteiger partial charge < -0.3 is 5.32 Å². The first-order valence-corrected chi connectivity index (χ1v) is 6.08. The standard InChI is InChI=1S/C11H23NO.C2H6/c1-9(2)8-11(3,4)7-6-10(13)12-5;1-2/h9H,6-8H2,1-5H3,(H,12,13);1-2H3. The summed E-state index contributed by atoms with van der Waals surface area (Å²) >= 11 is 0. The van der Waals surface area contributed by atoms with Gasteiger partial charge in [0, 0.05) is 13.5 Å². The van der Waals surface area contributed by atoms with Crippen LogP contribution in [-0.4, -0.2) is 13.0 Å². The zero-order chi connectivity index (χ0) is 12.5. The topological polar surface area (TPSA) is 29.1 Å². The van der Waals surface area contributed by atoms with Crippen LogP contribution >= 0.6 is 0 Å². The second-order valence-electron chi connectivity index (χ2n) is 4.94. The molecular weight excluding hydrogens is 186 g/mol. The van der Waals surface area contributed by atoms with E-state index in [4.69, 9.17) is 0 Å². The molecule has 0 bridgehead atoms. The van der Waals surface area contributed by atoms with Crippen molar-refractivity contribution in [2.24, 2.45) is 11.3 Å². The smallest absolute Gasteiger partial charge is 0.219 e. The summed E-state index contributed by atoms with van der Waals surface area (Å²) in [6.07, 6.45) is 2.81. The Bertz CT molecular complexity index is 162. The van der Waals surface area contributed by atoms with E-state index in [1.807, 2.05) is 13.8 Å². The molecule has 92 valence electrons. The first kappa shape index (κ1) is 16.9. The van der Waals surface area contributed by atoms with E-state index in [0.717, 1.165) is 6.42 Å². The van der Waals surface area contributed by atoms with E-state index in [1.54, 1.807) is 7.05 Å². The molecule has 0 saturated heterocycles. The summed E-state index contributed by atoms with van der Waals surface area (Å²) in [5, 5.41) is 2.65. The number of nitrogens with one attached hydrogen (secondary N) is 1.